The summed E-state index contributed by atoms with van der Waals surface area (Å²) in [6.45, 7) is 4.14. The van der Waals surface area contributed by atoms with Gasteiger partial charge in [0.05, 0.1) is 39.2 Å². The maximum atomic E-state index is 13.1. The van der Waals surface area contributed by atoms with Crippen LogP contribution in [-0.2, 0) is 26.3 Å². The molecule has 2 fully saturated rings. The van der Waals surface area contributed by atoms with E-state index in [-0.39, 0.29) is 35.4 Å². The molecule has 168 valence electrons. The summed E-state index contributed by atoms with van der Waals surface area (Å²) < 4.78 is 38.3. The van der Waals surface area contributed by atoms with Crippen LogP contribution in [0.25, 0.3) is 5.69 Å². The number of rotatable bonds is 7. The molecule has 1 aromatic heterocycles. The molecule has 10 heteroatoms. The van der Waals surface area contributed by atoms with Gasteiger partial charge in [0.2, 0.25) is 5.88 Å². The van der Waals surface area contributed by atoms with Gasteiger partial charge in [-0.25, -0.2) is 0 Å². The van der Waals surface area contributed by atoms with Crippen LogP contribution in [-0.4, -0.2) is 36.8 Å². The van der Waals surface area contributed by atoms with Crippen LogP contribution >= 0.6 is 23.2 Å². The highest BCUT2D eigenvalue weighted by Gasteiger charge is 2.65. The van der Waals surface area contributed by atoms with Crippen molar-refractivity contribution in [2.24, 2.45) is 16.7 Å². The number of hydrogen-bond donors (Lipinski definition) is 0. The lowest BCUT2D eigenvalue weighted by Crippen LogP contribution is -2.43. The molecule has 2 bridgehead atoms. The van der Waals surface area contributed by atoms with E-state index in [2.05, 4.69) is 5.10 Å². The van der Waals surface area contributed by atoms with Crippen molar-refractivity contribution < 1.29 is 22.1 Å². The lowest BCUT2D eigenvalue weighted by molar-refractivity contribution is -0.128. The summed E-state index contributed by atoms with van der Waals surface area (Å²) in [5.74, 6) is -0.127. The topological polar surface area (TPSA) is 87.5 Å². The van der Waals surface area contributed by atoms with Crippen molar-refractivity contribution in [3.05, 3.63) is 40.0 Å². The summed E-state index contributed by atoms with van der Waals surface area (Å²) in [6, 6.07) is 6.31. The second-order valence-corrected chi connectivity index (χ2v) is 11.3. The van der Waals surface area contributed by atoms with E-state index >= 15 is 0 Å². The van der Waals surface area contributed by atoms with Gasteiger partial charge in [-0.3, -0.25) is 4.79 Å². The highest BCUT2D eigenvalue weighted by Crippen LogP contribution is 2.64. The van der Waals surface area contributed by atoms with Crippen LogP contribution in [0.15, 0.2) is 24.3 Å². The SMILES string of the molecule is COCc1cc(OS(=O)(=O)CC23CCC(CC2=O)C3(C)C)n(-c2ccc(Cl)c(Cl)c2)n1. The molecule has 7 nitrogen and oxygen atoms in total. The van der Waals surface area contributed by atoms with Crippen molar-refractivity contribution in [2.45, 2.75) is 39.7 Å². The molecule has 0 aliphatic heterocycles. The molecular formula is C21H24Cl2N2O5S. The summed E-state index contributed by atoms with van der Waals surface area (Å²) in [5, 5.41) is 5.04. The minimum atomic E-state index is -4.10. The number of methoxy groups -OCH3 is 1. The normalized spacial score (nSPS) is 24.7. The van der Waals surface area contributed by atoms with E-state index in [0.717, 1.165) is 6.42 Å². The third kappa shape index (κ3) is 3.77. The summed E-state index contributed by atoms with van der Waals surface area (Å²) in [7, 11) is -2.58. The summed E-state index contributed by atoms with van der Waals surface area (Å²) in [5.41, 5.74) is -0.333. The molecule has 2 unspecified atom stereocenters. The van der Waals surface area contributed by atoms with Gasteiger partial charge >= 0.3 is 10.1 Å². The van der Waals surface area contributed by atoms with Gasteiger partial charge in [0, 0.05) is 19.6 Å². The Kier molecular flexibility index (Phi) is 5.65. The van der Waals surface area contributed by atoms with E-state index in [9.17, 15) is 13.2 Å². The second-order valence-electron chi connectivity index (χ2n) is 8.87. The smallest absolute Gasteiger partial charge is 0.311 e. The fraction of sp³-hybridized carbons (Fsp3) is 0.524. The van der Waals surface area contributed by atoms with E-state index < -0.39 is 15.5 Å². The van der Waals surface area contributed by atoms with Crippen molar-refractivity contribution in [2.75, 3.05) is 12.9 Å². The lowest BCUT2D eigenvalue weighted by Gasteiger charge is -2.35. The predicted octanol–water partition coefficient (Wildman–Crippen LogP) is 4.43. The standard InChI is InChI=1S/C21H24Cl2N2O5S/c1-20(2)13-6-7-21(20,18(26)8-13)12-31(27,28)30-19-9-14(11-29-3)24-25(19)15-4-5-16(22)17(23)10-15/h4-5,9-10,13H,6-8,11-12H2,1-3H3. The van der Waals surface area contributed by atoms with Crippen LogP contribution in [0.3, 0.4) is 0 Å². The number of hydrogen-bond acceptors (Lipinski definition) is 6. The Labute approximate surface area is 191 Å². The monoisotopic (exact) mass is 486 g/mol. The number of ketones is 1. The molecule has 0 amide bonds. The van der Waals surface area contributed by atoms with Gasteiger partial charge in [0.25, 0.3) is 0 Å². The first-order chi connectivity index (χ1) is 14.5. The van der Waals surface area contributed by atoms with Gasteiger partial charge in [-0.2, -0.15) is 18.2 Å². The number of fused-ring (bicyclic) bond motifs is 2. The van der Waals surface area contributed by atoms with Crippen LogP contribution in [0.5, 0.6) is 5.88 Å². The zero-order valence-corrected chi connectivity index (χ0v) is 19.9. The fourth-order valence-electron chi connectivity index (χ4n) is 5.06. The lowest BCUT2D eigenvalue weighted by atomic mass is 9.70. The van der Waals surface area contributed by atoms with E-state index in [4.69, 9.17) is 32.1 Å². The molecule has 2 aromatic rings. The Balaban J connectivity index is 1.68. The Morgan fingerprint density at radius 1 is 1.23 bits per heavy atom. The summed E-state index contributed by atoms with van der Waals surface area (Å²) in [6.07, 6.45) is 1.85. The Bertz CT molecular complexity index is 1140. The second kappa shape index (κ2) is 7.76. The van der Waals surface area contributed by atoms with Crippen molar-refractivity contribution in [3.8, 4) is 11.6 Å². The number of carbonyl (C=O) groups is 1. The summed E-state index contributed by atoms with van der Waals surface area (Å²) in [4.78, 5) is 12.8. The number of Topliss-reactive ketones (excluding diaryl/α,β-unsaturated/α-hetero) is 1. The molecule has 0 radical (unpaired) electrons. The largest absolute Gasteiger partial charge is 0.378 e. The highest BCUT2D eigenvalue weighted by atomic mass is 35.5. The molecule has 0 saturated heterocycles. The van der Waals surface area contributed by atoms with Crippen molar-refractivity contribution >= 4 is 39.1 Å². The van der Waals surface area contributed by atoms with Gasteiger partial charge in [-0.1, -0.05) is 37.0 Å². The first kappa shape index (κ1) is 22.6. The van der Waals surface area contributed by atoms with E-state index in [0.29, 0.717) is 34.3 Å². The highest BCUT2D eigenvalue weighted by molar-refractivity contribution is 7.87. The minimum absolute atomic E-state index is 0.000335. The van der Waals surface area contributed by atoms with Crippen molar-refractivity contribution in [1.82, 2.24) is 9.78 Å². The zero-order chi connectivity index (χ0) is 22.6. The van der Waals surface area contributed by atoms with Crippen LogP contribution in [0.2, 0.25) is 10.0 Å². The van der Waals surface area contributed by atoms with Crippen LogP contribution in [0, 0.1) is 16.7 Å². The number of halogens is 2. The Hall–Kier alpha value is -1.61. The molecule has 1 heterocycles. The minimum Gasteiger partial charge on any atom is -0.378 e. The van der Waals surface area contributed by atoms with E-state index in [1.807, 2.05) is 13.8 Å². The number of aromatic nitrogens is 2. The Morgan fingerprint density at radius 3 is 2.55 bits per heavy atom. The number of benzene rings is 1. The molecule has 31 heavy (non-hydrogen) atoms. The molecular weight excluding hydrogens is 463 g/mol. The average Bonchev–Trinajstić information content (AvgIpc) is 3.22. The molecule has 0 N–H and O–H groups in total. The summed E-state index contributed by atoms with van der Waals surface area (Å²) >= 11 is 12.1. The average molecular weight is 487 g/mol. The molecule has 2 saturated carbocycles. The molecule has 2 aliphatic carbocycles. The van der Waals surface area contributed by atoms with Crippen molar-refractivity contribution in [3.63, 3.8) is 0 Å². The third-order valence-corrected chi connectivity index (χ3v) is 8.95. The van der Waals surface area contributed by atoms with Crippen LogP contribution in [0.4, 0.5) is 0 Å². The maximum absolute atomic E-state index is 13.1. The van der Waals surface area contributed by atoms with Crippen LogP contribution in [0.1, 0.15) is 38.8 Å². The van der Waals surface area contributed by atoms with Gasteiger partial charge in [-0.15, -0.1) is 0 Å². The first-order valence-electron chi connectivity index (χ1n) is 9.98. The van der Waals surface area contributed by atoms with Gasteiger partial charge in [-0.05, 0) is 42.4 Å². The molecule has 1 aromatic carbocycles. The van der Waals surface area contributed by atoms with Gasteiger partial charge in [0.1, 0.15) is 5.78 Å². The van der Waals surface area contributed by atoms with Gasteiger partial charge < -0.3 is 8.92 Å². The molecule has 2 aliphatic rings. The molecule has 4 rings (SSSR count). The fourth-order valence-corrected chi connectivity index (χ4v) is 7.07. The van der Waals surface area contributed by atoms with Crippen molar-refractivity contribution in [1.29, 1.82) is 0 Å². The number of nitrogens with zero attached hydrogens (tertiary/aromatic N) is 2. The maximum Gasteiger partial charge on any atom is 0.311 e. The Morgan fingerprint density at radius 2 is 1.97 bits per heavy atom. The molecule has 0 spiro atoms. The quantitative estimate of drug-likeness (QED) is 0.537. The number of ether oxygens (including phenoxy) is 1. The van der Waals surface area contributed by atoms with E-state index in [1.54, 1.807) is 18.2 Å². The van der Waals surface area contributed by atoms with E-state index in [1.165, 1.54) is 17.9 Å². The molecule has 2 atom stereocenters. The predicted molar refractivity (Wildman–Crippen MR) is 117 cm³/mol. The third-order valence-electron chi connectivity index (χ3n) is 6.94. The number of carbonyl (C=O) groups excluding carboxylic acids is 1. The van der Waals surface area contributed by atoms with Crippen LogP contribution < -0.4 is 4.18 Å². The first-order valence-corrected chi connectivity index (χ1v) is 12.3. The zero-order valence-electron chi connectivity index (χ0n) is 17.5. The van der Waals surface area contributed by atoms with Gasteiger partial charge in [0.15, 0.2) is 0 Å².